The molecular weight excluding hydrogens is 323 g/mol. The van der Waals surface area contributed by atoms with Gasteiger partial charge in [-0.05, 0) is 36.8 Å². The van der Waals surface area contributed by atoms with Crippen molar-refractivity contribution in [2.24, 2.45) is 10.2 Å². The highest BCUT2D eigenvalue weighted by Crippen LogP contribution is 2.29. The number of aromatic nitrogens is 2. The minimum Gasteiger partial charge on any atom is -0.476 e. The number of imidazole rings is 1. The van der Waals surface area contributed by atoms with Gasteiger partial charge in [-0.15, -0.1) is 10.2 Å². The molecule has 0 unspecified atom stereocenters. The average Bonchev–Trinajstić information content (AvgIpc) is 2.87. The third kappa shape index (κ3) is 2.78. The van der Waals surface area contributed by atoms with E-state index in [0.29, 0.717) is 16.3 Å². The van der Waals surface area contributed by atoms with Gasteiger partial charge in [0.2, 0.25) is 0 Å². The Labute approximate surface area is 134 Å². The minimum atomic E-state index is -1.27. The molecule has 2 aromatic heterocycles. The molecule has 3 aromatic rings. The van der Waals surface area contributed by atoms with Gasteiger partial charge in [0.1, 0.15) is 11.5 Å². The number of carbonyl (C=O) groups is 1. The zero-order chi connectivity index (χ0) is 16.6. The number of azo groups is 1. The molecule has 0 amide bonds. The maximum atomic E-state index is 13.4. The van der Waals surface area contributed by atoms with Crippen LogP contribution in [0.3, 0.4) is 0 Å². The van der Waals surface area contributed by atoms with E-state index in [1.165, 1.54) is 16.5 Å². The summed E-state index contributed by atoms with van der Waals surface area (Å²) in [5, 5.41) is 17.7. The monoisotopic (exact) mass is 332 g/mol. The van der Waals surface area contributed by atoms with Gasteiger partial charge in [0, 0.05) is 11.2 Å². The fourth-order valence-electron chi connectivity index (χ4n) is 2.05. The second kappa shape index (κ2) is 5.77. The van der Waals surface area contributed by atoms with E-state index in [1.807, 2.05) is 0 Å². The SMILES string of the molecule is Cc1c(Cl)cccc1N=Nc1c(C(=O)O)nc2ccc(F)cn12. The van der Waals surface area contributed by atoms with Gasteiger partial charge in [-0.2, -0.15) is 0 Å². The van der Waals surface area contributed by atoms with Gasteiger partial charge in [-0.3, -0.25) is 4.40 Å². The zero-order valence-corrected chi connectivity index (χ0v) is 12.6. The van der Waals surface area contributed by atoms with Crippen LogP contribution in [-0.2, 0) is 0 Å². The molecule has 8 heteroatoms. The number of fused-ring (bicyclic) bond motifs is 1. The largest absolute Gasteiger partial charge is 0.476 e. The van der Waals surface area contributed by atoms with Crippen LogP contribution >= 0.6 is 11.6 Å². The number of pyridine rings is 1. The highest BCUT2D eigenvalue weighted by molar-refractivity contribution is 6.31. The number of carboxylic acids is 1. The molecule has 0 radical (unpaired) electrons. The van der Waals surface area contributed by atoms with Gasteiger partial charge in [-0.25, -0.2) is 14.2 Å². The van der Waals surface area contributed by atoms with Gasteiger partial charge < -0.3 is 5.11 Å². The smallest absolute Gasteiger partial charge is 0.358 e. The first-order valence-corrected chi connectivity index (χ1v) is 6.93. The standard InChI is InChI=1S/C15H10ClFN4O2/c1-8-10(16)3-2-4-11(8)19-20-14-13(15(22)23)18-12-6-5-9(17)7-21(12)14/h2-7H,1H3,(H,22,23). The van der Waals surface area contributed by atoms with Crippen molar-refractivity contribution in [1.82, 2.24) is 9.38 Å². The summed E-state index contributed by atoms with van der Waals surface area (Å²) in [6, 6.07) is 7.66. The van der Waals surface area contributed by atoms with Crippen molar-refractivity contribution >= 4 is 34.7 Å². The molecule has 1 N–H and O–H groups in total. The first-order valence-electron chi connectivity index (χ1n) is 6.55. The number of rotatable bonds is 3. The average molecular weight is 333 g/mol. The first kappa shape index (κ1) is 15.1. The second-order valence-corrected chi connectivity index (χ2v) is 5.16. The predicted molar refractivity (Wildman–Crippen MR) is 82.5 cm³/mol. The van der Waals surface area contributed by atoms with E-state index in [-0.39, 0.29) is 17.2 Å². The Kier molecular flexibility index (Phi) is 3.79. The fourth-order valence-corrected chi connectivity index (χ4v) is 2.22. The minimum absolute atomic E-state index is 0.0635. The van der Waals surface area contributed by atoms with Gasteiger partial charge in [0.25, 0.3) is 0 Å². The highest BCUT2D eigenvalue weighted by Gasteiger charge is 2.18. The van der Waals surface area contributed by atoms with Crippen LogP contribution in [0.25, 0.3) is 5.65 Å². The highest BCUT2D eigenvalue weighted by atomic mass is 35.5. The maximum Gasteiger partial charge on any atom is 0.358 e. The van der Waals surface area contributed by atoms with E-state index >= 15 is 0 Å². The summed E-state index contributed by atoms with van der Waals surface area (Å²) >= 11 is 6.01. The molecular formula is C15H10ClFN4O2. The van der Waals surface area contributed by atoms with Crippen molar-refractivity contribution in [2.45, 2.75) is 6.92 Å². The van der Waals surface area contributed by atoms with E-state index in [1.54, 1.807) is 25.1 Å². The van der Waals surface area contributed by atoms with Crippen molar-refractivity contribution in [3.8, 4) is 0 Å². The van der Waals surface area contributed by atoms with Crippen LogP contribution in [0, 0.1) is 12.7 Å². The maximum absolute atomic E-state index is 13.4. The summed E-state index contributed by atoms with van der Waals surface area (Å²) < 4.78 is 14.7. The molecule has 23 heavy (non-hydrogen) atoms. The van der Waals surface area contributed by atoms with Gasteiger partial charge >= 0.3 is 5.97 Å². The van der Waals surface area contributed by atoms with E-state index in [4.69, 9.17) is 11.6 Å². The van der Waals surface area contributed by atoms with Crippen LogP contribution in [0.15, 0.2) is 46.8 Å². The molecule has 0 saturated heterocycles. The first-order chi connectivity index (χ1) is 11.0. The lowest BCUT2D eigenvalue weighted by Gasteiger charge is -2.01. The molecule has 0 aliphatic carbocycles. The van der Waals surface area contributed by atoms with Crippen molar-refractivity contribution in [3.63, 3.8) is 0 Å². The van der Waals surface area contributed by atoms with Crippen LogP contribution in [0.4, 0.5) is 15.9 Å². The summed E-state index contributed by atoms with van der Waals surface area (Å²) in [7, 11) is 0. The molecule has 3 rings (SSSR count). The Morgan fingerprint density at radius 2 is 2.09 bits per heavy atom. The molecule has 1 aromatic carbocycles. The third-order valence-electron chi connectivity index (χ3n) is 3.25. The summed E-state index contributed by atoms with van der Waals surface area (Å²) in [6.45, 7) is 1.77. The molecule has 0 atom stereocenters. The molecule has 0 spiro atoms. The van der Waals surface area contributed by atoms with Crippen LogP contribution in [-0.4, -0.2) is 20.5 Å². The number of hydrogen-bond donors (Lipinski definition) is 1. The van der Waals surface area contributed by atoms with E-state index < -0.39 is 11.8 Å². The molecule has 116 valence electrons. The van der Waals surface area contributed by atoms with Gasteiger partial charge in [-0.1, -0.05) is 17.7 Å². The Bertz CT molecular complexity index is 952. The molecule has 0 aliphatic heterocycles. The van der Waals surface area contributed by atoms with Crippen LogP contribution < -0.4 is 0 Å². The van der Waals surface area contributed by atoms with Crippen LogP contribution in [0.2, 0.25) is 5.02 Å². The van der Waals surface area contributed by atoms with Gasteiger partial charge in [0.15, 0.2) is 11.5 Å². The number of halogens is 2. The number of carboxylic acid groups (broad SMARTS) is 1. The molecule has 6 nitrogen and oxygen atoms in total. The number of aromatic carboxylic acids is 1. The van der Waals surface area contributed by atoms with Gasteiger partial charge in [0.05, 0.1) is 5.69 Å². The third-order valence-corrected chi connectivity index (χ3v) is 3.66. The molecule has 0 fully saturated rings. The zero-order valence-electron chi connectivity index (χ0n) is 11.9. The Morgan fingerprint density at radius 1 is 1.30 bits per heavy atom. The fraction of sp³-hybridized carbons (Fsp3) is 0.0667. The lowest BCUT2D eigenvalue weighted by Crippen LogP contribution is -1.96. The Hall–Kier alpha value is -2.80. The lowest BCUT2D eigenvalue weighted by atomic mass is 10.2. The molecule has 0 aliphatic rings. The summed E-state index contributed by atoms with van der Waals surface area (Å²) in [5.41, 5.74) is 1.15. The summed E-state index contributed by atoms with van der Waals surface area (Å²) in [4.78, 5) is 15.2. The van der Waals surface area contributed by atoms with E-state index in [2.05, 4.69) is 15.2 Å². The number of benzene rings is 1. The second-order valence-electron chi connectivity index (χ2n) is 4.75. The molecule has 0 saturated carbocycles. The van der Waals surface area contributed by atoms with Crippen LogP contribution in [0.5, 0.6) is 0 Å². The van der Waals surface area contributed by atoms with E-state index in [9.17, 15) is 14.3 Å². The Balaban J connectivity index is 2.16. The van der Waals surface area contributed by atoms with E-state index in [0.717, 1.165) is 6.20 Å². The van der Waals surface area contributed by atoms with Crippen molar-refractivity contribution in [1.29, 1.82) is 0 Å². The summed E-state index contributed by atoms with van der Waals surface area (Å²) in [5.74, 6) is -1.88. The lowest BCUT2D eigenvalue weighted by molar-refractivity contribution is 0.0692. The van der Waals surface area contributed by atoms with Crippen molar-refractivity contribution < 1.29 is 14.3 Å². The normalized spacial score (nSPS) is 11.4. The topological polar surface area (TPSA) is 79.3 Å². The quantitative estimate of drug-likeness (QED) is 0.714. The Morgan fingerprint density at radius 3 is 2.83 bits per heavy atom. The number of nitrogens with zero attached hydrogens (tertiary/aromatic N) is 4. The molecule has 0 bridgehead atoms. The number of hydrogen-bond acceptors (Lipinski definition) is 4. The molecule has 2 heterocycles. The van der Waals surface area contributed by atoms with Crippen LogP contribution in [0.1, 0.15) is 16.1 Å². The van der Waals surface area contributed by atoms with Crippen molar-refractivity contribution in [2.75, 3.05) is 0 Å². The van der Waals surface area contributed by atoms with Crippen molar-refractivity contribution in [3.05, 3.63) is 58.6 Å². The summed E-state index contributed by atoms with van der Waals surface area (Å²) in [6.07, 6.45) is 1.11. The predicted octanol–water partition coefficient (Wildman–Crippen LogP) is 4.55.